The SMILES string of the molecule is O=C(O)Cn1cc(CNC(=O)C2CCC3CCCCC3C2)nn1. The molecule has 3 rings (SSSR count). The van der Waals surface area contributed by atoms with Crippen molar-refractivity contribution in [1.29, 1.82) is 0 Å². The molecule has 2 fully saturated rings. The smallest absolute Gasteiger partial charge is 0.325 e. The largest absolute Gasteiger partial charge is 0.480 e. The van der Waals surface area contributed by atoms with E-state index in [4.69, 9.17) is 5.11 Å². The summed E-state index contributed by atoms with van der Waals surface area (Å²) in [7, 11) is 0. The van der Waals surface area contributed by atoms with Crippen LogP contribution in [0.25, 0.3) is 0 Å². The van der Waals surface area contributed by atoms with Crippen molar-refractivity contribution in [3.8, 4) is 0 Å². The van der Waals surface area contributed by atoms with Crippen LogP contribution in [0.4, 0.5) is 0 Å². The number of nitrogens with zero attached hydrogens (tertiary/aromatic N) is 3. The molecular formula is C16H24N4O3. The Morgan fingerprint density at radius 3 is 2.78 bits per heavy atom. The molecule has 3 atom stereocenters. The van der Waals surface area contributed by atoms with Gasteiger partial charge in [0.1, 0.15) is 12.2 Å². The zero-order chi connectivity index (χ0) is 16.2. The maximum absolute atomic E-state index is 12.4. The lowest BCUT2D eigenvalue weighted by Crippen LogP contribution is -2.37. The number of hydrogen-bond donors (Lipinski definition) is 2. The van der Waals surface area contributed by atoms with Gasteiger partial charge in [-0.05, 0) is 31.1 Å². The van der Waals surface area contributed by atoms with Gasteiger partial charge in [-0.1, -0.05) is 30.9 Å². The van der Waals surface area contributed by atoms with Crippen LogP contribution < -0.4 is 5.32 Å². The Balaban J connectivity index is 1.47. The van der Waals surface area contributed by atoms with Crippen molar-refractivity contribution < 1.29 is 14.7 Å². The van der Waals surface area contributed by atoms with Crippen molar-refractivity contribution in [2.75, 3.05) is 0 Å². The summed E-state index contributed by atoms with van der Waals surface area (Å²) in [5, 5.41) is 19.3. The van der Waals surface area contributed by atoms with Crippen molar-refractivity contribution in [3.63, 3.8) is 0 Å². The molecule has 0 saturated heterocycles. The predicted octanol–water partition coefficient (Wildman–Crippen LogP) is 1.59. The Morgan fingerprint density at radius 2 is 2.00 bits per heavy atom. The van der Waals surface area contributed by atoms with E-state index in [-0.39, 0.29) is 18.4 Å². The minimum absolute atomic E-state index is 0.0989. The normalized spacial score (nSPS) is 27.2. The van der Waals surface area contributed by atoms with Gasteiger partial charge >= 0.3 is 5.97 Å². The number of carbonyl (C=O) groups is 2. The molecule has 0 aliphatic heterocycles. The molecule has 7 heteroatoms. The molecule has 1 aromatic heterocycles. The van der Waals surface area contributed by atoms with E-state index in [0.29, 0.717) is 12.2 Å². The van der Waals surface area contributed by atoms with Crippen LogP contribution in [0.5, 0.6) is 0 Å². The third-order valence-electron chi connectivity index (χ3n) is 5.24. The molecule has 2 aliphatic rings. The molecule has 1 heterocycles. The highest BCUT2D eigenvalue weighted by Gasteiger charge is 2.34. The van der Waals surface area contributed by atoms with E-state index in [0.717, 1.165) is 24.7 Å². The number of carboxylic acids is 1. The number of carboxylic acid groups (broad SMARTS) is 1. The first kappa shape index (κ1) is 16.0. The lowest BCUT2D eigenvalue weighted by molar-refractivity contribution is -0.138. The monoisotopic (exact) mass is 320 g/mol. The number of rotatable bonds is 5. The highest BCUT2D eigenvalue weighted by Crippen LogP contribution is 2.42. The first-order chi connectivity index (χ1) is 11.1. The van der Waals surface area contributed by atoms with E-state index >= 15 is 0 Å². The van der Waals surface area contributed by atoms with Gasteiger partial charge in [-0.2, -0.15) is 0 Å². The second-order valence-corrected chi connectivity index (χ2v) is 6.83. The van der Waals surface area contributed by atoms with E-state index in [9.17, 15) is 9.59 Å². The van der Waals surface area contributed by atoms with Crippen LogP contribution in [0.15, 0.2) is 6.20 Å². The zero-order valence-corrected chi connectivity index (χ0v) is 13.3. The Bertz CT molecular complexity index is 571. The van der Waals surface area contributed by atoms with Crippen molar-refractivity contribution in [3.05, 3.63) is 11.9 Å². The average molecular weight is 320 g/mol. The lowest BCUT2D eigenvalue weighted by atomic mass is 9.67. The van der Waals surface area contributed by atoms with Crippen LogP contribution >= 0.6 is 0 Å². The van der Waals surface area contributed by atoms with Crippen molar-refractivity contribution in [1.82, 2.24) is 20.3 Å². The third-order valence-corrected chi connectivity index (χ3v) is 5.24. The Hall–Kier alpha value is -1.92. The topological polar surface area (TPSA) is 97.1 Å². The number of aromatic nitrogens is 3. The van der Waals surface area contributed by atoms with Gasteiger partial charge in [0.15, 0.2) is 0 Å². The van der Waals surface area contributed by atoms with Gasteiger partial charge < -0.3 is 10.4 Å². The molecular weight excluding hydrogens is 296 g/mol. The first-order valence-corrected chi connectivity index (χ1v) is 8.50. The molecule has 0 spiro atoms. The lowest BCUT2D eigenvalue weighted by Gasteiger charge is -2.38. The summed E-state index contributed by atoms with van der Waals surface area (Å²) in [6.07, 6.45) is 10.0. The number of carbonyl (C=O) groups excluding carboxylic acids is 1. The number of fused-ring (bicyclic) bond motifs is 1. The second-order valence-electron chi connectivity index (χ2n) is 6.83. The molecule has 3 unspecified atom stereocenters. The van der Waals surface area contributed by atoms with Crippen molar-refractivity contribution in [2.45, 2.75) is 58.0 Å². The number of hydrogen-bond acceptors (Lipinski definition) is 4. The van der Waals surface area contributed by atoms with Crippen LogP contribution in [0.2, 0.25) is 0 Å². The highest BCUT2D eigenvalue weighted by atomic mass is 16.4. The van der Waals surface area contributed by atoms with Gasteiger partial charge in [-0.25, -0.2) is 4.68 Å². The zero-order valence-electron chi connectivity index (χ0n) is 13.3. The number of nitrogens with one attached hydrogen (secondary N) is 1. The minimum Gasteiger partial charge on any atom is -0.480 e. The third kappa shape index (κ3) is 4.09. The molecule has 0 bridgehead atoms. The molecule has 0 aromatic carbocycles. The minimum atomic E-state index is -0.963. The standard InChI is InChI=1S/C16H24N4O3/c21-15(22)10-20-9-14(18-19-20)8-17-16(23)13-6-5-11-3-1-2-4-12(11)7-13/h9,11-13H,1-8,10H2,(H,17,23)(H,21,22). The Labute approximate surface area is 135 Å². The van der Waals surface area contributed by atoms with E-state index in [1.54, 1.807) is 6.20 Å². The molecule has 1 aromatic rings. The maximum atomic E-state index is 12.4. The summed E-state index contributed by atoms with van der Waals surface area (Å²) in [6.45, 7) is 0.0929. The average Bonchev–Trinajstić information content (AvgIpc) is 2.98. The summed E-state index contributed by atoms with van der Waals surface area (Å²) in [5.74, 6) is 0.813. The van der Waals surface area contributed by atoms with Crippen molar-refractivity contribution >= 4 is 11.9 Å². The summed E-state index contributed by atoms with van der Waals surface area (Å²) in [4.78, 5) is 23.0. The molecule has 7 nitrogen and oxygen atoms in total. The van der Waals surface area contributed by atoms with E-state index in [1.165, 1.54) is 36.8 Å². The predicted molar refractivity (Wildman–Crippen MR) is 82.3 cm³/mol. The van der Waals surface area contributed by atoms with E-state index in [2.05, 4.69) is 15.6 Å². The quantitative estimate of drug-likeness (QED) is 0.858. The number of aliphatic carboxylic acids is 1. The Morgan fingerprint density at radius 1 is 1.22 bits per heavy atom. The van der Waals surface area contributed by atoms with E-state index < -0.39 is 5.97 Å². The molecule has 1 amide bonds. The molecule has 2 N–H and O–H groups in total. The van der Waals surface area contributed by atoms with Gasteiger partial charge in [0.05, 0.1) is 12.7 Å². The molecule has 23 heavy (non-hydrogen) atoms. The summed E-state index contributed by atoms with van der Waals surface area (Å²) < 4.78 is 1.26. The maximum Gasteiger partial charge on any atom is 0.325 e. The second kappa shape index (κ2) is 7.10. The fraction of sp³-hybridized carbons (Fsp3) is 0.750. The fourth-order valence-corrected chi connectivity index (χ4v) is 4.07. The van der Waals surface area contributed by atoms with Crippen LogP contribution in [-0.2, 0) is 22.7 Å². The highest BCUT2D eigenvalue weighted by molar-refractivity contribution is 5.78. The number of amides is 1. The van der Waals surface area contributed by atoms with Crippen LogP contribution in [0, 0.1) is 17.8 Å². The van der Waals surface area contributed by atoms with Crippen LogP contribution in [0.3, 0.4) is 0 Å². The van der Waals surface area contributed by atoms with Gasteiger partial charge in [0, 0.05) is 5.92 Å². The van der Waals surface area contributed by atoms with Gasteiger partial charge in [0.2, 0.25) is 5.91 Å². The summed E-state index contributed by atoms with van der Waals surface area (Å²) >= 11 is 0. The fourth-order valence-electron chi connectivity index (χ4n) is 4.07. The van der Waals surface area contributed by atoms with Crippen LogP contribution in [-0.4, -0.2) is 32.0 Å². The summed E-state index contributed by atoms with van der Waals surface area (Å²) in [5.41, 5.74) is 0.589. The molecule has 0 radical (unpaired) electrons. The van der Waals surface area contributed by atoms with Crippen LogP contribution in [0.1, 0.15) is 50.6 Å². The Kier molecular flexibility index (Phi) is 4.93. The van der Waals surface area contributed by atoms with E-state index in [1.807, 2.05) is 0 Å². The van der Waals surface area contributed by atoms with Crippen molar-refractivity contribution in [2.24, 2.45) is 17.8 Å². The molecule has 2 saturated carbocycles. The first-order valence-electron chi connectivity index (χ1n) is 8.50. The summed E-state index contributed by atoms with van der Waals surface area (Å²) in [6, 6.07) is 0. The molecule has 2 aliphatic carbocycles. The van der Waals surface area contributed by atoms with Gasteiger partial charge in [0.25, 0.3) is 0 Å². The van der Waals surface area contributed by atoms with Gasteiger partial charge in [-0.15, -0.1) is 5.10 Å². The van der Waals surface area contributed by atoms with Gasteiger partial charge in [-0.3, -0.25) is 9.59 Å². The molecule has 126 valence electrons.